The molecule has 33 heavy (non-hydrogen) atoms. The van der Waals surface area contributed by atoms with Gasteiger partial charge in [-0.2, -0.15) is 5.10 Å². The number of nitrogens with one attached hydrogen (secondary N) is 1. The van der Waals surface area contributed by atoms with Crippen LogP contribution in [0, 0.1) is 0 Å². The van der Waals surface area contributed by atoms with E-state index >= 15 is 0 Å². The maximum Gasteiger partial charge on any atom is 0.204 e. The van der Waals surface area contributed by atoms with Gasteiger partial charge < -0.3 is 18.9 Å². The molecule has 0 aliphatic rings. The fourth-order valence-electron chi connectivity index (χ4n) is 3.09. The first-order valence-corrected chi connectivity index (χ1v) is 11.3. The Morgan fingerprint density at radius 3 is 2.58 bits per heavy atom. The molecule has 1 aromatic heterocycles. The molecular weight excluding hydrogens is 438 g/mol. The number of rotatable bonds is 11. The number of ether oxygens (including phenoxy) is 4. The van der Waals surface area contributed by atoms with E-state index in [0.717, 1.165) is 38.8 Å². The topological polar surface area (TPSA) is 74.2 Å². The van der Waals surface area contributed by atoms with Crippen molar-refractivity contribution in [3.05, 3.63) is 72.3 Å². The number of fused-ring (bicyclic) bond motifs is 1. The van der Waals surface area contributed by atoms with Crippen LogP contribution < -0.4 is 24.4 Å². The molecular formula is C25H25N3O4S. The number of anilines is 1. The van der Waals surface area contributed by atoms with E-state index in [2.05, 4.69) is 15.5 Å². The van der Waals surface area contributed by atoms with Gasteiger partial charge >= 0.3 is 0 Å². The van der Waals surface area contributed by atoms with Crippen LogP contribution in [0.4, 0.5) is 5.13 Å². The highest BCUT2D eigenvalue weighted by molar-refractivity contribution is 7.22. The minimum Gasteiger partial charge on any atom is -0.497 e. The maximum absolute atomic E-state index is 5.88. The lowest BCUT2D eigenvalue weighted by Gasteiger charge is -2.12. The summed E-state index contributed by atoms with van der Waals surface area (Å²) >= 11 is 1.56. The Hall–Kier alpha value is -3.78. The second-order valence-corrected chi connectivity index (χ2v) is 8.03. The van der Waals surface area contributed by atoms with Crippen LogP contribution in [0.1, 0.15) is 12.0 Å². The number of aromatic nitrogens is 1. The van der Waals surface area contributed by atoms with E-state index in [-0.39, 0.29) is 0 Å². The highest BCUT2D eigenvalue weighted by atomic mass is 32.1. The summed E-state index contributed by atoms with van der Waals surface area (Å²) in [5.41, 5.74) is 4.83. The van der Waals surface area contributed by atoms with Gasteiger partial charge in [-0.1, -0.05) is 29.5 Å². The van der Waals surface area contributed by atoms with Crippen molar-refractivity contribution in [2.45, 2.75) is 6.42 Å². The van der Waals surface area contributed by atoms with E-state index in [1.165, 1.54) is 0 Å². The van der Waals surface area contributed by atoms with E-state index in [4.69, 9.17) is 18.9 Å². The molecule has 0 fully saturated rings. The number of hydrazone groups is 1. The lowest BCUT2D eigenvalue weighted by atomic mass is 10.2. The van der Waals surface area contributed by atoms with Gasteiger partial charge in [0.05, 0.1) is 43.9 Å². The Kier molecular flexibility index (Phi) is 7.60. The van der Waals surface area contributed by atoms with E-state index < -0.39 is 0 Å². The van der Waals surface area contributed by atoms with Gasteiger partial charge in [0.25, 0.3) is 0 Å². The predicted octanol–water partition coefficient (Wildman–Crippen LogP) is 5.61. The molecule has 0 aliphatic heterocycles. The molecule has 0 unspecified atom stereocenters. The van der Waals surface area contributed by atoms with Crippen LogP contribution in [0.2, 0.25) is 0 Å². The summed E-state index contributed by atoms with van der Waals surface area (Å²) in [6.07, 6.45) is 2.45. The van der Waals surface area contributed by atoms with Crippen LogP contribution in [0.3, 0.4) is 0 Å². The third-order valence-electron chi connectivity index (χ3n) is 4.71. The van der Waals surface area contributed by atoms with Crippen molar-refractivity contribution in [3.8, 4) is 23.0 Å². The largest absolute Gasteiger partial charge is 0.497 e. The van der Waals surface area contributed by atoms with Gasteiger partial charge in [-0.25, -0.2) is 4.98 Å². The van der Waals surface area contributed by atoms with Gasteiger partial charge in [-0.3, -0.25) is 5.43 Å². The fourth-order valence-corrected chi connectivity index (χ4v) is 3.90. The summed E-state index contributed by atoms with van der Waals surface area (Å²) in [4.78, 5) is 4.50. The molecule has 3 aromatic carbocycles. The molecule has 0 saturated heterocycles. The molecule has 8 heteroatoms. The quantitative estimate of drug-likeness (QED) is 0.177. The lowest BCUT2D eigenvalue weighted by Crippen LogP contribution is -2.06. The minimum atomic E-state index is 0.507. The lowest BCUT2D eigenvalue weighted by molar-refractivity contribution is 0.240. The summed E-state index contributed by atoms with van der Waals surface area (Å²) in [5, 5.41) is 5.04. The number of para-hydroxylation sites is 1. The number of hydrogen-bond acceptors (Lipinski definition) is 8. The Bertz CT molecular complexity index is 1190. The van der Waals surface area contributed by atoms with Crippen LogP contribution >= 0.6 is 11.3 Å². The SMILES string of the molecule is COc1cccc(OCCCOc2ccc(/C=N/Nc3nc4ccccc4s3)cc2OC)c1. The standard InChI is InChI=1S/C25H25N3O4S/c1-29-19-7-5-8-20(16-19)31-13-6-14-32-22-12-11-18(15-23(22)30-2)17-26-28-25-27-21-9-3-4-10-24(21)33-25/h3-5,7-12,15-17H,6,13-14H2,1-2H3,(H,27,28)/b26-17+. The molecule has 7 nitrogen and oxygen atoms in total. The number of nitrogens with zero attached hydrogens (tertiary/aromatic N) is 2. The summed E-state index contributed by atoms with van der Waals surface area (Å²) < 4.78 is 23.4. The van der Waals surface area contributed by atoms with Crippen molar-refractivity contribution in [2.24, 2.45) is 5.10 Å². The van der Waals surface area contributed by atoms with Gasteiger partial charge in [0.15, 0.2) is 11.5 Å². The normalized spacial score (nSPS) is 11.0. The van der Waals surface area contributed by atoms with Crippen LogP contribution in [0.25, 0.3) is 10.2 Å². The van der Waals surface area contributed by atoms with Crippen molar-refractivity contribution in [1.29, 1.82) is 0 Å². The van der Waals surface area contributed by atoms with E-state index in [0.29, 0.717) is 24.7 Å². The van der Waals surface area contributed by atoms with Gasteiger partial charge in [0.1, 0.15) is 11.5 Å². The highest BCUT2D eigenvalue weighted by Crippen LogP contribution is 2.28. The number of benzene rings is 3. The molecule has 0 atom stereocenters. The molecule has 0 saturated carbocycles. The first-order chi connectivity index (χ1) is 16.2. The van der Waals surface area contributed by atoms with Gasteiger partial charge in [0, 0.05) is 12.5 Å². The van der Waals surface area contributed by atoms with Crippen molar-refractivity contribution >= 4 is 32.9 Å². The molecule has 0 amide bonds. The molecule has 0 aliphatic carbocycles. The zero-order valence-electron chi connectivity index (χ0n) is 18.5. The Morgan fingerprint density at radius 2 is 1.73 bits per heavy atom. The summed E-state index contributed by atoms with van der Waals surface area (Å²) in [5.74, 6) is 2.87. The zero-order chi connectivity index (χ0) is 22.9. The maximum atomic E-state index is 5.88. The molecule has 4 rings (SSSR count). The third kappa shape index (κ3) is 6.14. The Morgan fingerprint density at radius 1 is 0.879 bits per heavy atom. The average molecular weight is 464 g/mol. The first kappa shape index (κ1) is 22.4. The van der Waals surface area contributed by atoms with Crippen molar-refractivity contribution in [1.82, 2.24) is 4.98 Å². The van der Waals surface area contributed by atoms with Crippen molar-refractivity contribution in [3.63, 3.8) is 0 Å². The second kappa shape index (κ2) is 11.2. The van der Waals surface area contributed by atoms with Crippen LogP contribution in [0.5, 0.6) is 23.0 Å². The average Bonchev–Trinajstić information content (AvgIpc) is 3.27. The monoisotopic (exact) mass is 463 g/mol. The first-order valence-electron chi connectivity index (χ1n) is 10.5. The predicted molar refractivity (Wildman–Crippen MR) is 132 cm³/mol. The summed E-state index contributed by atoms with van der Waals surface area (Å²) in [7, 11) is 3.25. The van der Waals surface area contributed by atoms with Crippen LogP contribution in [0.15, 0.2) is 71.8 Å². The summed E-state index contributed by atoms with van der Waals surface area (Å²) in [6.45, 7) is 1.05. The molecule has 0 spiro atoms. The van der Waals surface area contributed by atoms with E-state index in [9.17, 15) is 0 Å². The van der Waals surface area contributed by atoms with Crippen molar-refractivity contribution < 1.29 is 18.9 Å². The fraction of sp³-hybridized carbons (Fsp3) is 0.200. The molecule has 1 N–H and O–H groups in total. The number of methoxy groups -OCH3 is 2. The smallest absolute Gasteiger partial charge is 0.204 e. The molecule has 1 heterocycles. The number of thiazole rings is 1. The van der Waals surface area contributed by atoms with E-state index in [1.54, 1.807) is 31.8 Å². The van der Waals surface area contributed by atoms with Crippen molar-refractivity contribution in [2.75, 3.05) is 32.9 Å². The Labute approximate surface area is 196 Å². The van der Waals surface area contributed by atoms with Gasteiger partial charge in [0.2, 0.25) is 5.13 Å². The minimum absolute atomic E-state index is 0.507. The molecule has 0 bridgehead atoms. The van der Waals surface area contributed by atoms with Crippen LogP contribution in [-0.4, -0.2) is 38.6 Å². The Balaban J connectivity index is 1.26. The van der Waals surface area contributed by atoms with Gasteiger partial charge in [-0.05, 0) is 48.0 Å². The molecule has 4 aromatic rings. The van der Waals surface area contributed by atoms with E-state index in [1.807, 2.05) is 66.7 Å². The second-order valence-electron chi connectivity index (χ2n) is 7.00. The molecule has 170 valence electrons. The summed E-state index contributed by atoms with van der Waals surface area (Å²) in [6, 6.07) is 21.2. The molecule has 0 radical (unpaired) electrons. The highest BCUT2D eigenvalue weighted by Gasteiger charge is 2.06. The van der Waals surface area contributed by atoms with Gasteiger partial charge in [-0.15, -0.1) is 0 Å². The third-order valence-corrected chi connectivity index (χ3v) is 5.65. The zero-order valence-corrected chi connectivity index (χ0v) is 19.3. The number of hydrogen-bond donors (Lipinski definition) is 1. The van der Waals surface area contributed by atoms with Crippen LogP contribution in [-0.2, 0) is 0 Å².